The fourth-order valence-corrected chi connectivity index (χ4v) is 2.25. The molecule has 1 aromatic carbocycles. The molecule has 1 aliphatic heterocycles. The van der Waals surface area contributed by atoms with Crippen molar-refractivity contribution in [2.45, 2.75) is 25.6 Å². The predicted octanol–water partition coefficient (Wildman–Crippen LogP) is 2.41. The minimum atomic E-state index is 0.214. The van der Waals surface area contributed by atoms with E-state index >= 15 is 0 Å². The first-order valence-electron chi connectivity index (χ1n) is 6.05. The third kappa shape index (κ3) is 2.93. The van der Waals surface area contributed by atoms with E-state index in [9.17, 15) is 4.79 Å². The second-order valence-corrected chi connectivity index (χ2v) is 4.82. The Kier molecular flexibility index (Phi) is 3.92. The quantitative estimate of drug-likeness (QED) is 0.731. The zero-order valence-corrected chi connectivity index (χ0v) is 10.5. The number of benzene rings is 1. The Balaban J connectivity index is 1.99. The van der Waals surface area contributed by atoms with E-state index in [0.29, 0.717) is 6.61 Å². The minimum Gasteiger partial charge on any atom is -0.369 e. The van der Waals surface area contributed by atoms with Crippen LogP contribution in [0.25, 0.3) is 0 Å². The highest BCUT2D eigenvalue weighted by Gasteiger charge is 2.22. The lowest BCUT2D eigenvalue weighted by Gasteiger charge is -2.13. The van der Waals surface area contributed by atoms with Crippen LogP contribution in [0.4, 0.5) is 0 Å². The summed E-state index contributed by atoms with van der Waals surface area (Å²) in [6, 6.07) is 5.85. The third-order valence-electron chi connectivity index (χ3n) is 3.16. The van der Waals surface area contributed by atoms with Crippen molar-refractivity contribution in [2.24, 2.45) is 0 Å². The van der Waals surface area contributed by atoms with Gasteiger partial charge in [0.2, 0.25) is 0 Å². The van der Waals surface area contributed by atoms with Gasteiger partial charge in [0.25, 0.3) is 0 Å². The highest BCUT2D eigenvalue weighted by Crippen LogP contribution is 2.34. The van der Waals surface area contributed by atoms with Gasteiger partial charge in [-0.1, -0.05) is 12.1 Å². The lowest BCUT2D eigenvalue weighted by Crippen LogP contribution is -2.13. The number of hydrogen-bond acceptors (Lipinski definition) is 3. The van der Waals surface area contributed by atoms with Crippen molar-refractivity contribution >= 4 is 6.29 Å². The van der Waals surface area contributed by atoms with Crippen molar-refractivity contribution < 1.29 is 9.53 Å². The van der Waals surface area contributed by atoms with Gasteiger partial charge in [0.05, 0.1) is 12.7 Å². The zero-order chi connectivity index (χ0) is 12.3. The predicted molar refractivity (Wildman–Crippen MR) is 67.1 cm³/mol. The van der Waals surface area contributed by atoms with Crippen molar-refractivity contribution in [3.8, 4) is 0 Å². The van der Waals surface area contributed by atoms with Crippen LogP contribution in [0, 0.1) is 0 Å². The van der Waals surface area contributed by atoms with E-state index < -0.39 is 0 Å². The number of aldehydes is 1. The fraction of sp³-hybridized carbons (Fsp3) is 0.500. The number of fused-ring (bicyclic) bond motifs is 1. The highest BCUT2D eigenvalue weighted by molar-refractivity contribution is 5.75. The van der Waals surface area contributed by atoms with Crippen LogP contribution < -0.4 is 0 Å². The molecular weight excluding hydrogens is 214 g/mol. The molecule has 92 valence electrons. The average Bonchev–Trinajstić information content (AvgIpc) is 2.71. The number of hydrogen-bond donors (Lipinski definition) is 0. The number of carbonyl (C=O) groups excluding carboxylic acids is 1. The van der Waals surface area contributed by atoms with Gasteiger partial charge in [-0.05, 0) is 50.7 Å². The van der Waals surface area contributed by atoms with Crippen LogP contribution in [0.15, 0.2) is 18.2 Å². The molecular formula is C14H19NO2. The Morgan fingerprint density at radius 3 is 3.00 bits per heavy atom. The molecule has 0 spiro atoms. The molecule has 2 rings (SSSR count). The topological polar surface area (TPSA) is 29.5 Å². The maximum Gasteiger partial charge on any atom is 0.150 e. The molecule has 0 aliphatic carbocycles. The molecule has 1 aliphatic rings. The van der Waals surface area contributed by atoms with Crippen molar-refractivity contribution in [1.29, 1.82) is 0 Å². The molecule has 0 N–H and O–H groups in total. The van der Waals surface area contributed by atoms with Gasteiger partial charge in [0.1, 0.15) is 6.29 Å². The van der Waals surface area contributed by atoms with Gasteiger partial charge < -0.3 is 9.64 Å². The van der Waals surface area contributed by atoms with Crippen LogP contribution in [-0.2, 0) is 11.3 Å². The van der Waals surface area contributed by atoms with Crippen LogP contribution in [0.1, 0.15) is 40.4 Å². The lowest BCUT2D eigenvalue weighted by atomic mass is 10.00. The van der Waals surface area contributed by atoms with Gasteiger partial charge in [-0.3, -0.25) is 4.79 Å². The van der Waals surface area contributed by atoms with Crippen LogP contribution in [0.3, 0.4) is 0 Å². The van der Waals surface area contributed by atoms with Gasteiger partial charge >= 0.3 is 0 Å². The van der Waals surface area contributed by atoms with E-state index in [1.54, 1.807) is 0 Å². The van der Waals surface area contributed by atoms with E-state index in [-0.39, 0.29) is 6.10 Å². The van der Waals surface area contributed by atoms with Crippen LogP contribution >= 0.6 is 0 Å². The minimum absolute atomic E-state index is 0.214. The van der Waals surface area contributed by atoms with Gasteiger partial charge in [-0.25, -0.2) is 0 Å². The van der Waals surface area contributed by atoms with E-state index in [0.717, 1.165) is 31.2 Å². The molecule has 1 aromatic rings. The summed E-state index contributed by atoms with van der Waals surface area (Å²) in [5.74, 6) is 0. The van der Waals surface area contributed by atoms with Crippen molar-refractivity contribution in [1.82, 2.24) is 4.90 Å². The van der Waals surface area contributed by atoms with E-state index in [1.807, 2.05) is 18.2 Å². The Bertz CT molecular complexity index is 401. The monoisotopic (exact) mass is 233 g/mol. The molecule has 3 nitrogen and oxygen atoms in total. The second-order valence-electron chi connectivity index (χ2n) is 4.82. The summed E-state index contributed by atoms with van der Waals surface area (Å²) < 4.78 is 5.77. The standard InChI is InChI=1S/C14H19NO2/c1-15(2)7-3-4-14-13-6-5-11(9-16)8-12(13)10-17-14/h5-6,8-9,14H,3-4,7,10H2,1-2H3. The SMILES string of the molecule is CN(C)CCCC1OCc2cc(C=O)ccc21. The molecule has 0 radical (unpaired) electrons. The van der Waals surface area contributed by atoms with Crippen molar-refractivity contribution in [3.63, 3.8) is 0 Å². The van der Waals surface area contributed by atoms with Crippen molar-refractivity contribution in [3.05, 3.63) is 34.9 Å². The maximum absolute atomic E-state index is 10.7. The normalized spacial score (nSPS) is 18.4. The molecule has 1 unspecified atom stereocenters. The third-order valence-corrected chi connectivity index (χ3v) is 3.16. The summed E-state index contributed by atoms with van der Waals surface area (Å²) in [4.78, 5) is 12.9. The van der Waals surface area contributed by atoms with Crippen LogP contribution in [-0.4, -0.2) is 31.8 Å². The first-order chi connectivity index (χ1) is 8.20. The first kappa shape index (κ1) is 12.3. The number of nitrogens with zero attached hydrogens (tertiary/aromatic N) is 1. The van der Waals surface area contributed by atoms with Gasteiger partial charge in [0.15, 0.2) is 0 Å². The largest absolute Gasteiger partial charge is 0.369 e. The molecule has 17 heavy (non-hydrogen) atoms. The number of carbonyl (C=O) groups is 1. The average molecular weight is 233 g/mol. The van der Waals surface area contributed by atoms with Crippen molar-refractivity contribution in [2.75, 3.05) is 20.6 Å². The van der Waals surface area contributed by atoms with E-state index in [2.05, 4.69) is 19.0 Å². The van der Waals surface area contributed by atoms with Crippen LogP contribution in [0.5, 0.6) is 0 Å². The molecule has 0 saturated heterocycles. The van der Waals surface area contributed by atoms with Crippen LogP contribution in [0.2, 0.25) is 0 Å². The maximum atomic E-state index is 10.7. The van der Waals surface area contributed by atoms with E-state index in [4.69, 9.17) is 4.74 Å². The first-order valence-corrected chi connectivity index (χ1v) is 6.05. The lowest BCUT2D eigenvalue weighted by molar-refractivity contribution is 0.0573. The molecule has 0 amide bonds. The fourth-order valence-electron chi connectivity index (χ4n) is 2.25. The Hall–Kier alpha value is -1.19. The summed E-state index contributed by atoms with van der Waals surface area (Å²) in [5, 5.41) is 0. The van der Waals surface area contributed by atoms with E-state index in [1.165, 1.54) is 11.1 Å². The van der Waals surface area contributed by atoms with Gasteiger partial charge in [-0.2, -0.15) is 0 Å². The number of rotatable bonds is 5. The summed E-state index contributed by atoms with van der Waals surface area (Å²) in [6.07, 6.45) is 3.28. The summed E-state index contributed by atoms with van der Waals surface area (Å²) in [5.41, 5.74) is 3.17. The molecule has 0 bridgehead atoms. The highest BCUT2D eigenvalue weighted by atomic mass is 16.5. The molecule has 0 saturated carbocycles. The Labute approximate surface area is 102 Å². The molecule has 1 heterocycles. The smallest absolute Gasteiger partial charge is 0.150 e. The molecule has 0 aromatic heterocycles. The number of ether oxygens (including phenoxy) is 1. The summed E-state index contributed by atoms with van der Waals surface area (Å²) >= 11 is 0. The molecule has 0 fully saturated rings. The Morgan fingerprint density at radius 1 is 1.47 bits per heavy atom. The second kappa shape index (κ2) is 5.43. The van der Waals surface area contributed by atoms with Gasteiger partial charge in [0, 0.05) is 5.56 Å². The zero-order valence-electron chi connectivity index (χ0n) is 10.5. The molecule has 3 heteroatoms. The molecule has 1 atom stereocenters. The summed E-state index contributed by atoms with van der Waals surface area (Å²) in [7, 11) is 4.17. The Morgan fingerprint density at radius 2 is 2.29 bits per heavy atom. The summed E-state index contributed by atoms with van der Waals surface area (Å²) in [6.45, 7) is 1.73. The van der Waals surface area contributed by atoms with Gasteiger partial charge in [-0.15, -0.1) is 0 Å².